The van der Waals surface area contributed by atoms with Crippen molar-refractivity contribution < 1.29 is 17.4 Å². The topological polar surface area (TPSA) is 0 Å². The van der Waals surface area contributed by atoms with Gasteiger partial charge in [-0.2, -0.15) is 0 Å². The summed E-state index contributed by atoms with van der Waals surface area (Å²) in [6.45, 7) is 26.3. The summed E-state index contributed by atoms with van der Waals surface area (Å²) >= 11 is -4.05. The summed E-state index contributed by atoms with van der Waals surface area (Å²) in [6, 6.07) is 22.1. The van der Waals surface area contributed by atoms with Crippen LogP contribution in [0.4, 0.5) is 0 Å². The first-order chi connectivity index (χ1) is 19.2. The third kappa shape index (κ3) is 4.80. The fourth-order valence-electron chi connectivity index (χ4n) is 8.54. The molecule has 3 aromatic carbocycles. The van der Waals surface area contributed by atoms with Crippen molar-refractivity contribution in [3.8, 4) is 0 Å². The van der Waals surface area contributed by atoms with Crippen LogP contribution in [0.2, 0.25) is 4.63 Å². The molecule has 0 saturated carbocycles. The van der Waals surface area contributed by atoms with Crippen LogP contribution in [0.3, 0.4) is 0 Å². The van der Waals surface area contributed by atoms with E-state index in [1.54, 1.807) is 25.5 Å². The molecule has 0 N–H and O–H groups in total. The molecule has 3 aromatic rings. The van der Waals surface area contributed by atoms with Crippen LogP contribution in [0.15, 0.2) is 65.7 Å². The van der Waals surface area contributed by atoms with Crippen molar-refractivity contribution in [3.63, 3.8) is 0 Å². The van der Waals surface area contributed by atoms with Crippen molar-refractivity contribution in [1.82, 2.24) is 0 Å². The fourth-order valence-corrected chi connectivity index (χ4v) is 33.7. The molecule has 0 amide bonds. The average molecular weight is 640 g/mol. The number of hydrogen-bond donors (Lipinski definition) is 0. The van der Waals surface area contributed by atoms with E-state index in [1.165, 1.54) is 33.4 Å². The number of allylic oxidation sites excluding steroid dienone is 2. The van der Waals surface area contributed by atoms with E-state index >= 15 is 0 Å². The van der Waals surface area contributed by atoms with E-state index in [9.17, 15) is 0 Å². The van der Waals surface area contributed by atoms with Gasteiger partial charge in [0.25, 0.3) is 0 Å². The Hall–Kier alpha value is -1.76. The zero-order valence-electron chi connectivity index (χ0n) is 27.5. The molecule has 0 aromatic heterocycles. The predicted octanol–water partition coefficient (Wildman–Crippen LogP) is 10.4. The molecule has 0 aliphatic heterocycles. The van der Waals surface area contributed by atoms with Crippen LogP contribution in [0, 0.1) is 0 Å². The van der Waals surface area contributed by atoms with Gasteiger partial charge in [-0.05, 0) is 0 Å². The Morgan fingerprint density at radius 2 is 0.976 bits per heavy atom. The molecule has 0 bridgehead atoms. The fraction of sp³-hybridized carbons (Fsp3) is 0.436. The van der Waals surface area contributed by atoms with E-state index in [-0.39, 0.29) is 0 Å². The van der Waals surface area contributed by atoms with Gasteiger partial charge in [-0.15, -0.1) is 0 Å². The molecule has 2 unspecified atom stereocenters. The van der Waals surface area contributed by atoms with Crippen LogP contribution >= 0.6 is 0 Å². The maximum atomic E-state index is 2.82. The van der Waals surface area contributed by atoms with Gasteiger partial charge in [-0.25, -0.2) is 0 Å². The van der Waals surface area contributed by atoms with E-state index in [0.717, 1.165) is 0 Å². The Kier molecular flexibility index (Phi) is 8.05. The van der Waals surface area contributed by atoms with Crippen LogP contribution < -0.4 is 3.27 Å². The van der Waals surface area contributed by atoms with Gasteiger partial charge in [0.05, 0.1) is 0 Å². The Morgan fingerprint density at radius 3 is 1.32 bits per heavy atom. The summed E-state index contributed by atoms with van der Waals surface area (Å²) in [5, 5.41) is 0. The van der Waals surface area contributed by atoms with Crippen molar-refractivity contribution in [2.24, 2.45) is 0 Å². The van der Waals surface area contributed by atoms with Gasteiger partial charge < -0.3 is 0 Å². The zero-order chi connectivity index (χ0) is 30.0. The first kappa shape index (κ1) is 30.7. The number of fused-ring (bicyclic) bond motifs is 2. The molecule has 0 nitrogen and oxygen atoms in total. The molecule has 0 fully saturated rings. The number of benzene rings is 3. The van der Waals surface area contributed by atoms with Gasteiger partial charge in [0, 0.05) is 0 Å². The van der Waals surface area contributed by atoms with Gasteiger partial charge >= 0.3 is 255 Å². The number of hydrogen-bond acceptors (Lipinski definition) is 0. The molecular weight excluding hydrogens is 588 g/mol. The molecule has 0 saturated heterocycles. The quantitative estimate of drug-likeness (QED) is 0.226. The van der Waals surface area contributed by atoms with Crippen LogP contribution in [-0.2, 0) is 17.4 Å². The Morgan fingerprint density at radius 1 is 0.585 bits per heavy atom. The van der Waals surface area contributed by atoms with Crippen molar-refractivity contribution >= 4 is 22.3 Å². The van der Waals surface area contributed by atoms with E-state index in [4.69, 9.17) is 0 Å². The van der Waals surface area contributed by atoms with Crippen molar-refractivity contribution in [2.75, 3.05) is 0 Å². The van der Waals surface area contributed by atoms with E-state index in [1.807, 2.05) is 0 Å². The van der Waals surface area contributed by atoms with E-state index < -0.39 is 17.4 Å². The van der Waals surface area contributed by atoms with Crippen molar-refractivity contribution in [3.05, 3.63) is 110 Å². The maximum absolute atomic E-state index is 4.05. The van der Waals surface area contributed by atoms with E-state index in [0.29, 0.717) is 30.9 Å². The molecule has 0 heterocycles. The van der Waals surface area contributed by atoms with Gasteiger partial charge in [0.15, 0.2) is 0 Å². The summed E-state index contributed by atoms with van der Waals surface area (Å²) in [7, 11) is 0. The summed E-state index contributed by atoms with van der Waals surface area (Å²) in [6.07, 6.45) is 5.18. The molecule has 216 valence electrons. The number of rotatable bonds is 7. The van der Waals surface area contributed by atoms with Crippen molar-refractivity contribution in [1.29, 1.82) is 0 Å². The third-order valence-corrected chi connectivity index (χ3v) is 34.4. The minimum atomic E-state index is -4.05. The standard InChI is InChI=1S/2C16H21.C6H5.CH3.H2Si.Zr/c2*1-10(2)13-8-14-6-12(5)7-16(14)15(9-13)11(3)4;1-2-4-6-5-3-1;;;/h2*6-11H,1-5H3;1-5H;1H3;1H2;. The van der Waals surface area contributed by atoms with Crippen molar-refractivity contribution in [2.45, 2.75) is 105 Å². The van der Waals surface area contributed by atoms with Crippen LogP contribution in [0.25, 0.3) is 12.2 Å². The van der Waals surface area contributed by atoms with Gasteiger partial charge in [0.2, 0.25) is 0 Å². The predicted molar refractivity (Wildman–Crippen MR) is 183 cm³/mol. The summed E-state index contributed by atoms with van der Waals surface area (Å²) in [5.41, 5.74) is 15.5. The van der Waals surface area contributed by atoms with E-state index in [2.05, 4.69) is 147 Å². The molecule has 0 radical (unpaired) electrons. The van der Waals surface area contributed by atoms with Gasteiger partial charge in [0.1, 0.15) is 0 Å². The molecular formula is C39H52SiZr. The summed E-state index contributed by atoms with van der Waals surface area (Å²) < 4.78 is 5.42. The molecule has 2 atom stereocenters. The van der Waals surface area contributed by atoms with Crippen LogP contribution in [0.1, 0.15) is 145 Å². The molecule has 41 heavy (non-hydrogen) atoms. The Labute approximate surface area is 253 Å². The molecule has 2 aliphatic carbocycles. The average Bonchev–Trinajstić information content (AvgIpc) is 3.43. The zero-order valence-corrected chi connectivity index (χ0v) is 31.4. The second-order valence-electron chi connectivity index (χ2n) is 15.1. The second-order valence-corrected chi connectivity index (χ2v) is 41.4. The normalized spacial score (nSPS) is 18.8. The summed E-state index contributed by atoms with van der Waals surface area (Å²) in [4.78, 5) is 0. The first-order valence-electron chi connectivity index (χ1n) is 16.0. The second kappa shape index (κ2) is 10.7. The molecule has 0 spiro atoms. The van der Waals surface area contributed by atoms with Gasteiger partial charge in [-0.1, -0.05) is 0 Å². The Bertz CT molecular complexity index is 1530. The molecule has 5 rings (SSSR count). The molecule has 2 aliphatic rings. The Balaban J connectivity index is 1.89. The molecule has 2 heteroatoms. The first-order valence-corrected chi connectivity index (χ1v) is 28.4. The van der Waals surface area contributed by atoms with Crippen LogP contribution in [-0.4, -0.2) is 6.88 Å². The minimum absolute atomic E-state index is 0.480. The van der Waals surface area contributed by atoms with Gasteiger partial charge in [-0.3, -0.25) is 0 Å². The summed E-state index contributed by atoms with van der Waals surface area (Å²) in [5.74, 6) is 2.05. The van der Waals surface area contributed by atoms with Crippen LogP contribution in [0.5, 0.6) is 0 Å². The third-order valence-electron chi connectivity index (χ3n) is 10.6. The monoisotopic (exact) mass is 638 g/mol. The SMILES string of the molecule is CC1=Cc2c(C(C)C)cc(C(C)C)cc2[CH]1[Zr]([CH3])(=[SiH2])([c]1ccccc1)[CH]1C(C)=Cc2c(C(C)C)cc(C(C)C)cc21.